The molecule has 1 aromatic carbocycles. The molecule has 5 heteroatoms. The topological polar surface area (TPSA) is 66.4 Å². The Balaban J connectivity index is 1.12. The zero-order valence-corrected chi connectivity index (χ0v) is 22.4. The van der Waals surface area contributed by atoms with Crippen molar-refractivity contribution in [2.75, 3.05) is 0 Å². The molecule has 1 amide bonds. The number of carbonyl (C=O) groups is 2. The SMILES string of the molecule is CC12CCCCC1CCC1C2CCC2(C)C(CCCC(=O)NSc3cccc(C(=O)O)c3)CCC12. The summed E-state index contributed by atoms with van der Waals surface area (Å²) in [7, 11) is 0. The smallest absolute Gasteiger partial charge is 0.335 e. The van der Waals surface area contributed by atoms with E-state index in [0.29, 0.717) is 17.3 Å². The maximum absolute atomic E-state index is 12.5. The Hall–Kier alpha value is -1.49. The average molecular weight is 498 g/mol. The highest BCUT2D eigenvalue weighted by Crippen LogP contribution is 2.67. The van der Waals surface area contributed by atoms with E-state index in [9.17, 15) is 9.59 Å². The van der Waals surface area contributed by atoms with Gasteiger partial charge in [-0.2, -0.15) is 0 Å². The first-order chi connectivity index (χ1) is 16.8. The third-order valence-corrected chi connectivity index (χ3v) is 11.9. The molecule has 0 bridgehead atoms. The van der Waals surface area contributed by atoms with Crippen LogP contribution in [0.2, 0.25) is 0 Å². The van der Waals surface area contributed by atoms with Gasteiger partial charge in [-0.3, -0.25) is 9.52 Å². The number of amides is 1. The molecule has 0 saturated heterocycles. The van der Waals surface area contributed by atoms with Crippen LogP contribution in [-0.4, -0.2) is 17.0 Å². The molecule has 1 aromatic rings. The van der Waals surface area contributed by atoms with Crippen molar-refractivity contribution in [2.45, 2.75) is 102 Å². The number of nitrogens with one attached hydrogen (secondary N) is 1. The predicted octanol–water partition coefficient (Wildman–Crippen LogP) is 7.73. The van der Waals surface area contributed by atoms with Crippen molar-refractivity contribution in [1.82, 2.24) is 4.72 Å². The molecule has 0 heterocycles. The number of aromatic carboxylic acids is 1. The largest absolute Gasteiger partial charge is 0.478 e. The molecule has 4 aliphatic rings. The third kappa shape index (κ3) is 4.79. The average Bonchev–Trinajstić information content (AvgIpc) is 3.19. The first kappa shape index (κ1) is 25.2. The molecule has 0 aromatic heterocycles. The number of hydrogen-bond donors (Lipinski definition) is 2. The molecule has 4 saturated carbocycles. The zero-order valence-electron chi connectivity index (χ0n) is 21.6. The minimum absolute atomic E-state index is 0.0441. The quantitative estimate of drug-likeness (QED) is 0.378. The number of carboxylic acid groups (broad SMARTS) is 1. The zero-order chi connectivity index (χ0) is 24.6. The normalized spacial score (nSPS) is 38.2. The number of benzene rings is 1. The van der Waals surface area contributed by atoms with Gasteiger partial charge in [0.2, 0.25) is 5.91 Å². The standard InChI is InChI=1S/C30H43NO3S/c1-29-17-4-3-8-21(29)12-14-24-25-15-13-22(30(25,2)18-16-26(24)29)9-6-11-27(32)31-35-23-10-5-7-20(19-23)28(33)34/h5,7,10,19,21-22,24-26H,3-4,6,8-9,11-18H2,1-2H3,(H,31,32)(H,33,34). The lowest BCUT2D eigenvalue weighted by Gasteiger charge is -2.60. The summed E-state index contributed by atoms with van der Waals surface area (Å²) in [5.41, 5.74) is 1.33. The second-order valence-corrected chi connectivity index (χ2v) is 13.5. The minimum atomic E-state index is -0.947. The van der Waals surface area contributed by atoms with Crippen LogP contribution in [0.4, 0.5) is 0 Å². The minimum Gasteiger partial charge on any atom is -0.478 e. The summed E-state index contributed by atoms with van der Waals surface area (Å²) < 4.78 is 2.91. The molecule has 4 aliphatic carbocycles. The van der Waals surface area contributed by atoms with E-state index in [1.165, 1.54) is 76.2 Å². The number of carboxylic acids is 1. The number of carbonyl (C=O) groups excluding carboxylic acids is 1. The first-order valence-electron chi connectivity index (χ1n) is 14.1. The van der Waals surface area contributed by atoms with Crippen molar-refractivity contribution < 1.29 is 14.7 Å². The van der Waals surface area contributed by atoms with Crippen LogP contribution in [0, 0.1) is 40.4 Å². The highest BCUT2D eigenvalue weighted by Gasteiger charge is 2.59. The van der Waals surface area contributed by atoms with Gasteiger partial charge in [-0.25, -0.2) is 4.79 Å². The maximum atomic E-state index is 12.5. The number of rotatable bonds is 7. The Morgan fingerprint density at radius 2 is 1.83 bits per heavy atom. The first-order valence-corrected chi connectivity index (χ1v) is 14.9. The molecule has 7 unspecified atom stereocenters. The lowest BCUT2D eigenvalue weighted by Crippen LogP contribution is -2.52. The maximum Gasteiger partial charge on any atom is 0.335 e. The summed E-state index contributed by atoms with van der Waals surface area (Å²) in [6.45, 7) is 5.27. The Kier molecular flexibility index (Phi) is 7.27. The summed E-state index contributed by atoms with van der Waals surface area (Å²) in [4.78, 5) is 24.4. The summed E-state index contributed by atoms with van der Waals surface area (Å²) in [5.74, 6) is 3.65. The highest BCUT2D eigenvalue weighted by molar-refractivity contribution is 7.98. The van der Waals surface area contributed by atoms with E-state index in [-0.39, 0.29) is 11.5 Å². The summed E-state index contributed by atoms with van der Waals surface area (Å²) in [6.07, 6.45) is 17.1. The van der Waals surface area contributed by atoms with E-state index in [4.69, 9.17) is 5.11 Å². The molecule has 5 rings (SSSR count). The van der Waals surface area contributed by atoms with Crippen molar-refractivity contribution >= 4 is 23.8 Å². The molecule has 0 radical (unpaired) electrons. The van der Waals surface area contributed by atoms with Gasteiger partial charge in [0, 0.05) is 11.3 Å². The van der Waals surface area contributed by atoms with Gasteiger partial charge >= 0.3 is 5.97 Å². The van der Waals surface area contributed by atoms with Gasteiger partial charge in [0.15, 0.2) is 0 Å². The van der Waals surface area contributed by atoms with Crippen molar-refractivity contribution in [3.05, 3.63) is 29.8 Å². The van der Waals surface area contributed by atoms with E-state index in [1.54, 1.807) is 18.2 Å². The van der Waals surface area contributed by atoms with Gasteiger partial charge in [0.25, 0.3) is 0 Å². The van der Waals surface area contributed by atoms with Gasteiger partial charge in [-0.1, -0.05) is 32.8 Å². The lowest BCUT2D eigenvalue weighted by molar-refractivity contribution is -0.119. The number of fused-ring (bicyclic) bond motifs is 5. The Bertz CT molecular complexity index is 949. The van der Waals surface area contributed by atoms with Gasteiger partial charge in [-0.05, 0) is 135 Å². The molecule has 0 spiro atoms. The van der Waals surface area contributed by atoms with Crippen LogP contribution in [-0.2, 0) is 4.79 Å². The van der Waals surface area contributed by atoms with E-state index in [2.05, 4.69) is 18.6 Å². The molecule has 4 nitrogen and oxygen atoms in total. The second-order valence-electron chi connectivity index (χ2n) is 12.6. The Morgan fingerprint density at radius 1 is 1.00 bits per heavy atom. The van der Waals surface area contributed by atoms with Crippen LogP contribution in [0.3, 0.4) is 0 Å². The summed E-state index contributed by atoms with van der Waals surface area (Å²) in [6, 6.07) is 6.71. The molecular weight excluding hydrogens is 454 g/mol. The van der Waals surface area contributed by atoms with Crippen LogP contribution in [0.15, 0.2) is 29.2 Å². The van der Waals surface area contributed by atoms with Crippen molar-refractivity contribution in [3.63, 3.8) is 0 Å². The van der Waals surface area contributed by atoms with Crippen molar-refractivity contribution in [3.8, 4) is 0 Å². The molecule has 192 valence electrons. The molecule has 7 atom stereocenters. The molecule has 0 aliphatic heterocycles. The predicted molar refractivity (Wildman–Crippen MR) is 141 cm³/mol. The summed E-state index contributed by atoms with van der Waals surface area (Å²) >= 11 is 1.22. The lowest BCUT2D eigenvalue weighted by atomic mass is 9.45. The van der Waals surface area contributed by atoms with Crippen LogP contribution in [0.5, 0.6) is 0 Å². The van der Waals surface area contributed by atoms with Gasteiger partial charge in [0.05, 0.1) is 5.56 Å². The van der Waals surface area contributed by atoms with Gasteiger partial charge in [0.1, 0.15) is 0 Å². The van der Waals surface area contributed by atoms with Crippen LogP contribution >= 0.6 is 11.9 Å². The molecule has 35 heavy (non-hydrogen) atoms. The van der Waals surface area contributed by atoms with Crippen LogP contribution in [0.25, 0.3) is 0 Å². The van der Waals surface area contributed by atoms with Crippen LogP contribution in [0.1, 0.15) is 108 Å². The molecular formula is C30H43NO3S. The molecule has 4 fully saturated rings. The van der Waals surface area contributed by atoms with E-state index < -0.39 is 5.97 Å². The Morgan fingerprint density at radius 3 is 2.66 bits per heavy atom. The fourth-order valence-electron chi connectivity index (χ4n) is 9.25. The monoisotopic (exact) mass is 497 g/mol. The Labute approximate surface area is 215 Å². The van der Waals surface area contributed by atoms with E-state index in [0.717, 1.165) is 47.3 Å². The van der Waals surface area contributed by atoms with E-state index in [1.807, 2.05) is 6.07 Å². The number of hydrogen-bond acceptors (Lipinski definition) is 3. The van der Waals surface area contributed by atoms with E-state index >= 15 is 0 Å². The summed E-state index contributed by atoms with van der Waals surface area (Å²) in [5, 5.41) is 9.14. The fourth-order valence-corrected chi connectivity index (χ4v) is 9.91. The van der Waals surface area contributed by atoms with Crippen LogP contribution < -0.4 is 4.72 Å². The van der Waals surface area contributed by atoms with Crippen molar-refractivity contribution in [1.29, 1.82) is 0 Å². The second kappa shape index (κ2) is 10.1. The van der Waals surface area contributed by atoms with Crippen molar-refractivity contribution in [2.24, 2.45) is 40.4 Å². The highest BCUT2D eigenvalue weighted by atomic mass is 32.2. The molecule has 2 N–H and O–H groups in total. The third-order valence-electron chi connectivity index (χ3n) is 11.1. The van der Waals surface area contributed by atoms with Gasteiger partial charge < -0.3 is 5.11 Å². The fraction of sp³-hybridized carbons (Fsp3) is 0.733. The van der Waals surface area contributed by atoms with Gasteiger partial charge in [-0.15, -0.1) is 0 Å².